The molecule has 0 aromatic heterocycles. The summed E-state index contributed by atoms with van der Waals surface area (Å²) in [6.45, 7) is 5.09. The minimum absolute atomic E-state index is 0.00455. The highest BCUT2D eigenvalue weighted by molar-refractivity contribution is 7.86. The van der Waals surface area contributed by atoms with Gasteiger partial charge >= 0.3 is 0 Å². The lowest BCUT2D eigenvalue weighted by Crippen LogP contribution is -2.13. The van der Waals surface area contributed by atoms with E-state index in [1.165, 1.54) is 24.3 Å². The van der Waals surface area contributed by atoms with E-state index in [2.05, 4.69) is 0 Å². The second-order valence-corrected chi connectivity index (χ2v) is 7.22. The lowest BCUT2D eigenvalue weighted by atomic mass is 10.1. The van der Waals surface area contributed by atoms with E-state index in [-0.39, 0.29) is 23.8 Å². The number of hydrogen-bond acceptors (Lipinski definition) is 6. The Morgan fingerprint density at radius 1 is 1.00 bits per heavy atom. The Hall–Kier alpha value is -2.45. The Balaban J connectivity index is 1.97. The molecule has 0 bridgehead atoms. The van der Waals surface area contributed by atoms with Gasteiger partial charge in [-0.25, -0.2) is 0 Å². The number of benzene rings is 2. The van der Waals surface area contributed by atoms with Gasteiger partial charge in [-0.1, -0.05) is 17.7 Å². The van der Waals surface area contributed by atoms with Crippen LogP contribution < -0.4 is 4.74 Å². The molecule has 0 N–H and O–H groups in total. The second-order valence-electron chi connectivity index (χ2n) is 5.60. The van der Waals surface area contributed by atoms with Crippen molar-refractivity contribution < 1.29 is 22.3 Å². The van der Waals surface area contributed by atoms with E-state index in [4.69, 9.17) is 8.92 Å². The SMILES string of the molecule is Cc1ccc(S(=O)(=O)OCCOc2c(C)cc([N+](=O)[O-])cc2C)cc1. The zero-order chi connectivity index (χ0) is 18.6. The van der Waals surface area contributed by atoms with Crippen molar-refractivity contribution >= 4 is 15.8 Å². The molecule has 0 unspecified atom stereocenters. The average molecular weight is 365 g/mol. The molecule has 0 atom stereocenters. The van der Waals surface area contributed by atoms with Crippen LogP contribution in [0.25, 0.3) is 0 Å². The number of rotatable bonds is 7. The lowest BCUT2D eigenvalue weighted by molar-refractivity contribution is -0.385. The van der Waals surface area contributed by atoms with Crippen molar-refractivity contribution in [2.75, 3.05) is 13.2 Å². The van der Waals surface area contributed by atoms with E-state index < -0.39 is 15.0 Å². The van der Waals surface area contributed by atoms with Gasteiger partial charge in [0.05, 0.1) is 9.82 Å². The molecule has 0 aliphatic rings. The fourth-order valence-corrected chi connectivity index (χ4v) is 3.21. The van der Waals surface area contributed by atoms with Crippen molar-refractivity contribution in [3.05, 3.63) is 63.2 Å². The van der Waals surface area contributed by atoms with E-state index in [1.54, 1.807) is 26.0 Å². The first-order chi connectivity index (χ1) is 11.7. The molecule has 2 aromatic rings. The Labute approximate surface area is 146 Å². The minimum atomic E-state index is -3.84. The minimum Gasteiger partial charge on any atom is -0.491 e. The zero-order valence-corrected chi connectivity index (χ0v) is 15.0. The number of nitro groups is 1. The lowest BCUT2D eigenvalue weighted by Gasteiger charge is -2.12. The first-order valence-corrected chi connectivity index (χ1v) is 8.96. The predicted octanol–water partition coefficient (Wildman–Crippen LogP) is 3.30. The quantitative estimate of drug-likeness (QED) is 0.323. The molecule has 0 heterocycles. The van der Waals surface area contributed by atoms with Crippen LogP contribution in [0.5, 0.6) is 5.75 Å². The molecule has 8 heteroatoms. The summed E-state index contributed by atoms with van der Waals surface area (Å²) < 4.78 is 34.6. The van der Waals surface area contributed by atoms with Gasteiger partial charge in [-0.3, -0.25) is 14.3 Å². The molecule has 2 rings (SSSR count). The van der Waals surface area contributed by atoms with Crippen LogP contribution in [0.3, 0.4) is 0 Å². The summed E-state index contributed by atoms with van der Waals surface area (Å²) in [7, 11) is -3.84. The smallest absolute Gasteiger partial charge is 0.297 e. The van der Waals surface area contributed by atoms with Crippen molar-refractivity contribution in [1.29, 1.82) is 0 Å². The van der Waals surface area contributed by atoms with Crippen LogP contribution in [0.4, 0.5) is 5.69 Å². The van der Waals surface area contributed by atoms with Gasteiger partial charge in [0.15, 0.2) is 0 Å². The number of nitro benzene ring substituents is 1. The topological polar surface area (TPSA) is 95.7 Å². The molecule has 0 spiro atoms. The maximum Gasteiger partial charge on any atom is 0.297 e. The van der Waals surface area contributed by atoms with E-state index in [9.17, 15) is 18.5 Å². The summed E-state index contributed by atoms with van der Waals surface area (Å²) in [5.74, 6) is 0.488. The summed E-state index contributed by atoms with van der Waals surface area (Å²) >= 11 is 0. The van der Waals surface area contributed by atoms with Crippen LogP contribution >= 0.6 is 0 Å². The van der Waals surface area contributed by atoms with E-state index >= 15 is 0 Å². The van der Waals surface area contributed by atoms with Gasteiger partial charge in [-0.15, -0.1) is 0 Å². The zero-order valence-electron chi connectivity index (χ0n) is 14.2. The van der Waals surface area contributed by atoms with Crippen molar-refractivity contribution in [2.45, 2.75) is 25.7 Å². The molecule has 0 fully saturated rings. The molecule has 0 saturated heterocycles. The van der Waals surface area contributed by atoms with Gasteiger partial charge in [0.25, 0.3) is 15.8 Å². The Morgan fingerprint density at radius 3 is 2.08 bits per heavy atom. The van der Waals surface area contributed by atoms with Gasteiger partial charge in [-0.05, 0) is 44.0 Å². The normalized spacial score (nSPS) is 11.3. The van der Waals surface area contributed by atoms with Crippen LogP contribution in [0, 0.1) is 30.9 Å². The van der Waals surface area contributed by atoms with Crippen molar-refractivity contribution in [2.24, 2.45) is 0 Å². The summed E-state index contributed by atoms with van der Waals surface area (Å²) in [6.07, 6.45) is 0. The number of aryl methyl sites for hydroxylation is 3. The highest BCUT2D eigenvalue weighted by Crippen LogP contribution is 2.28. The molecule has 0 aliphatic heterocycles. The maximum atomic E-state index is 12.1. The van der Waals surface area contributed by atoms with Crippen molar-refractivity contribution in [1.82, 2.24) is 0 Å². The molecule has 2 aromatic carbocycles. The summed E-state index contributed by atoms with van der Waals surface area (Å²) in [6, 6.07) is 9.16. The van der Waals surface area contributed by atoms with Gasteiger partial charge in [0.2, 0.25) is 0 Å². The molecular weight excluding hydrogens is 346 g/mol. The first-order valence-electron chi connectivity index (χ1n) is 7.55. The Morgan fingerprint density at radius 2 is 1.56 bits per heavy atom. The van der Waals surface area contributed by atoms with E-state index in [0.29, 0.717) is 16.9 Å². The third-order valence-corrected chi connectivity index (χ3v) is 4.86. The largest absolute Gasteiger partial charge is 0.491 e. The highest BCUT2D eigenvalue weighted by Gasteiger charge is 2.16. The summed E-state index contributed by atoms with van der Waals surface area (Å²) in [4.78, 5) is 10.4. The molecular formula is C17H19NO6S. The van der Waals surface area contributed by atoms with E-state index in [1.807, 2.05) is 6.92 Å². The van der Waals surface area contributed by atoms with Gasteiger partial charge in [0.1, 0.15) is 19.0 Å². The fraction of sp³-hybridized carbons (Fsp3) is 0.294. The molecule has 0 aliphatic carbocycles. The first kappa shape index (κ1) is 18.9. The van der Waals surface area contributed by atoms with Crippen LogP contribution in [0.15, 0.2) is 41.3 Å². The molecule has 7 nitrogen and oxygen atoms in total. The Bertz CT molecular complexity index is 852. The molecule has 25 heavy (non-hydrogen) atoms. The van der Waals surface area contributed by atoms with Gasteiger partial charge in [-0.2, -0.15) is 8.42 Å². The predicted molar refractivity (Wildman–Crippen MR) is 92.4 cm³/mol. The number of non-ortho nitro benzene ring substituents is 1. The fourth-order valence-electron chi connectivity index (χ4n) is 2.32. The summed E-state index contributed by atoms with van der Waals surface area (Å²) in [5.41, 5.74) is 2.15. The third kappa shape index (κ3) is 4.77. The van der Waals surface area contributed by atoms with E-state index in [0.717, 1.165) is 5.56 Å². The molecule has 134 valence electrons. The summed E-state index contributed by atoms with van der Waals surface area (Å²) in [5, 5.41) is 10.8. The standard InChI is InChI=1S/C17H19NO6S/c1-12-4-6-16(7-5-12)25(21,22)24-9-8-23-17-13(2)10-15(18(19)20)11-14(17)3/h4-7,10-11H,8-9H2,1-3H3. The van der Waals surface area contributed by atoms with Gasteiger partial charge < -0.3 is 4.74 Å². The average Bonchev–Trinajstić information content (AvgIpc) is 2.53. The van der Waals surface area contributed by atoms with Crippen molar-refractivity contribution in [3.8, 4) is 5.75 Å². The molecule has 0 radical (unpaired) electrons. The van der Waals surface area contributed by atoms with Gasteiger partial charge in [0, 0.05) is 12.1 Å². The number of ether oxygens (including phenoxy) is 1. The molecule has 0 amide bonds. The third-order valence-electron chi connectivity index (χ3n) is 3.53. The Kier molecular flexibility index (Phi) is 5.76. The molecule has 0 saturated carbocycles. The number of hydrogen-bond donors (Lipinski definition) is 0. The van der Waals surface area contributed by atoms with Crippen molar-refractivity contribution in [3.63, 3.8) is 0 Å². The van der Waals surface area contributed by atoms with Crippen LogP contribution in [-0.4, -0.2) is 26.6 Å². The second kappa shape index (κ2) is 7.62. The monoisotopic (exact) mass is 365 g/mol. The van der Waals surface area contributed by atoms with Crippen LogP contribution in [0.1, 0.15) is 16.7 Å². The number of nitrogens with zero attached hydrogens (tertiary/aromatic N) is 1. The van der Waals surface area contributed by atoms with Crippen LogP contribution in [0.2, 0.25) is 0 Å². The highest BCUT2D eigenvalue weighted by atomic mass is 32.2. The maximum absolute atomic E-state index is 12.1. The van der Waals surface area contributed by atoms with Crippen LogP contribution in [-0.2, 0) is 14.3 Å².